The summed E-state index contributed by atoms with van der Waals surface area (Å²) in [5, 5.41) is 3.01. The number of carbonyl (C=O) groups excluding carboxylic acids is 1. The number of thioether (sulfide) groups is 1. The number of amides is 1. The van der Waals surface area contributed by atoms with Crippen LogP contribution in [0.1, 0.15) is 33.1 Å². The molecule has 19 heavy (non-hydrogen) atoms. The first kappa shape index (κ1) is 19.0. The Labute approximate surface area is 127 Å². The van der Waals surface area contributed by atoms with E-state index in [0.29, 0.717) is 12.5 Å². The summed E-state index contributed by atoms with van der Waals surface area (Å²) < 4.78 is 5.51. The van der Waals surface area contributed by atoms with E-state index in [1.165, 1.54) is 0 Å². The van der Waals surface area contributed by atoms with Crippen LogP contribution in [0.5, 0.6) is 0 Å². The molecule has 1 aliphatic heterocycles. The van der Waals surface area contributed by atoms with Crippen molar-refractivity contribution < 1.29 is 9.53 Å². The fraction of sp³-hybridized carbons (Fsp3) is 0.923. The van der Waals surface area contributed by atoms with Gasteiger partial charge in [-0.25, -0.2) is 0 Å². The molecule has 1 atom stereocenters. The number of halogens is 1. The molecule has 0 aromatic carbocycles. The Morgan fingerprint density at radius 3 is 2.47 bits per heavy atom. The molecule has 3 N–H and O–H groups in total. The van der Waals surface area contributed by atoms with E-state index >= 15 is 0 Å². The highest BCUT2D eigenvalue weighted by molar-refractivity contribution is 8.00. The van der Waals surface area contributed by atoms with Crippen molar-refractivity contribution in [2.45, 2.75) is 43.9 Å². The van der Waals surface area contributed by atoms with Gasteiger partial charge >= 0.3 is 0 Å². The smallest absolute Gasteiger partial charge is 0.236 e. The Balaban J connectivity index is 0.00000324. The Kier molecular flexibility index (Phi) is 9.07. The molecule has 114 valence electrons. The second-order valence-corrected chi connectivity index (χ2v) is 6.73. The molecule has 1 saturated heterocycles. The van der Waals surface area contributed by atoms with Gasteiger partial charge in [-0.2, -0.15) is 11.8 Å². The lowest BCUT2D eigenvalue weighted by Crippen LogP contribution is -2.49. The Bertz CT molecular complexity index is 271. The monoisotopic (exact) mass is 310 g/mol. The minimum absolute atomic E-state index is 0. The number of hydrogen-bond donors (Lipinski definition) is 2. The van der Waals surface area contributed by atoms with Crippen molar-refractivity contribution in [3.63, 3.8) is 0 Å². The summed E-state index contributed by atoms with van der Waals surface area (Å²) in [5.74, 6) is 0.423. The van der Waals surface area contributed by atoms with Crippen LogP contribution in [0.2, 0.25) is 0 Å². The van der Waals surface area contributed by atoms with Crippen molar-refractivity contribution in [2.75, 3.05) is 26.0 Å². The first-order valence-electron chi connectivity index (χ1n) is 6.65. The maximum atomic E-state index is 11.9. The quantitative estimate of drug-likeness (QED) is 0.785. The number of nitrogens with two attached hydrogens (primary N) is 1. The predicted octanol–water partition coefficient (Wildman–Crippen LogP) is 1.81. The zero-order valence-corrected chi connectivity index (χ0v) is 13.7. The summed E-state index contributed by atoms with van der Waals surface area (Å²) in [5.41, 5.74) is 5.87. The van der Waals surface area contributed by atoms with Gasteiger partial charge in [-0.3, -0.25) is 4.79 Å². The second kappa shape index (κ2) is 9.06. The van der Waals surface area contributed by atoms with E-state index in [0.717, 1.165) is 32.5 Å². The summed E-state index contributed by atoms with van der Waals surface area (Å²) in [7, 11) is 0. The molecule has 0 saturated carbocycles. The number of nitrogens with one attached hydrogen (secondary N) is 1. The van der Waals surface area contributed by atoms with Crippen molar-refractivity contribution in [3.05, 3.63) is 0 Å². The molecule has 4 nitrogen and oxygen atoms in total. The average Bonchev–Trinajstić information content (AvgIpc) is 2.36. The first-order valence-corrected chi connectivity index (χ1v) is 7.88. The fourth-order valence-electron chi connectivity index (χ4n) is 2.19. The van der Waals surface area contributed by atoms with Crippen LogP contribution < -0.4 is 11.1 Å². The molecule has 0 aromatic heterocycles. The third-order valence-corrected chi connectivity index (χ3v) is 4.90. The highest BCUT2D eigenvalue weighted by atomic mass is 35.5. The minimum Gasteiger partial charge on any atom is -0.381 e. The Hall–Kier alpha value is 0.0300. The Morgan fingerprint density at radius 2 is 2.00 bits per heavy atom. The second-order valence-electron chi connectivity index (χ2n) is 5.45. The van der Waals surface area contributed by atoms with Gasteiger partial charge < -0.3 is 15.8 Å². The van der Waals surface area contributed by atoms with E-state index < -0.39 is 0 Å². The zero-order chi connectivity index (χ0) is 13.6. The molecule has 0 unspecified atom stereocenters. The lowest BCUT2D eigenvalue weighted by molar-refractivity contribution is -0.122. The molecule has 0 radical (unpaired) electrons. The number of ether oxygens (including phenoxy) is 1. The van der Waals surface area contributed by atoms with Gasteiger partial charge in [0.05, 0.1) is 6.04 Å². The fourth-order valence-corrected chi connectivity index (χ4v) is 2.98. The van der Waals surface area contributed by atoms with E-state index in [4.69, 9.17) is 10.5 Å². The molecule has 6 heteroatoms. The van der Waals surface area contributed by atoms with Crippen molar-refractivity contribution in [1.82, 2.24) is 5.32 Å². The molecular formula is C13H27ClN2O2S. The summed E-state index contributed by atoms with van der Waals surface area (Å²) in [6.45, 7) is 6.43. The molecule has 0 spiro atoms. The van der Waals surface area contributed by atoms with Gasteiger partial charge in [-0.15, -0.1) is 12.4 Å². The van der Waals surface area contributed by atoms with Gasteiger partial charge in [-0.05, 0) is 31.4 Å². The number of carbonyl (C=O) groups is 1. The van der Waals surface area contributed by atoms with E-state index in [2.05, 4.69) is 25.4 Å². The van der Waals surface area contributed by atoms with Gasteiger partial charge in [0.15, 0.2) is 0 Å². The van der Waals surface area contributed by atoms with E-state index in [1.54, 1.807) is 0 Å². The first-order chi connectivity index (χ1) is 8.49. The Morgan fingerprint density at radius 1 is 1.42 bits per heavy atom. The summed E-state index contributed by atoms with van der Waals surface area (Å²) in [6.07, 6.45) is 4.83. The highest BCUT2D eigenvalue weighted by Crippen LogP contribution is 2.32. The van der Waals surface area contributed by atoms with Crippen molar-refractivity contribution >= 4 is 30.1 Å². The van der Waals surface area contributed by atoms with Gasteiger partial charge in [0.2, 0.25) is 5.91 Å². The van der Waals surface area contributed by atoms with Gasteiger partial charge in [-0.1, -0.05) is 13.8 Å². The SMILES string of the molecule is CSC1(CNC(=O)[C@@H](N)CC(C)C)CCOCC1.Cl. The maximum absolute atomic E-state index is 11.9. The molecule has 1 amide bonds. The van der Waals surface area contributed by atoms with Crippen LogP contribution in [-0.4, -0.2) is 42.7 Å². The molecule has 1 rings (SSSR count). The van der Waals surface area contributed by atoms with Gasteiger partial charge in [0, 0.05) is 24.5 Å². The van der Waals surface area contributed by atoms with E-state index in [-0.39, 0.29) is 29.1 Å². The van der Waals surface area contributed by atoms with Crippen LogP contribution in [0.15, 0.2) is 0 Å². The van der Waals surface area contributed by atoms with Crippen LogP contribution in [-0.2, 0) is 9.53 Å². The van der Waals surface area contributed by atoms with Crippen molar-refractivity contribution in [1.29, 1.82) is 0 Å². The standard InChI is InChI=1S/C13H26N2O2S.ClH/c1-10(2)8-11(14)12(16)15-9-13(18-3)4-6-17-7-5-13;/h10-11H,4-9,14H2,1-3H3,(H,15,16);1H/t11-;/m0./s1. The lowest BCUT2D eigenvalue weighted by Gasteiger charge is -2.36. The van der Waals surface area contributed by atoms with Crippen molar-refractivity contribution in [2.24, 2.45) is 11.7 Å². The van der Waals surface area contributed by atoms with Crippen LogP contribution in [0, 0.1) is 5.92 Å². The molecule has 1 heterocycles. The zero-order valence-electron chi connectivity index (χ0n) is 12.1. The van der Waals surface area contributed by atoms with Crippen LogP contribution in [0.4, 0.5) is 0 Å². The topological polar surface area (TPSA) is 64.4 Å². The molecule has 0 aliphatic carbocycles. The molecule has 0 bridgehead atoms. The van der Waals surface area contributed by atoms with E-state index in [1.807, 2.05) is 11.8 Å². The molecule has 1 aliphatic rings. The lowest BCUT2D eigenvalue weighted by atomic mass is 9.98. The number of rotatable bonds is 6. The highest BCUT2D eigenvalue weighted by Gasteiger charge is 2.32. The van der Waals surface area contributed by atoms with Crippen LogP contribution in [0.3, 0.4) is 0 Å². The third kappa shape index (κ3) is 6.34. The van der Waals surface area contributed by atoms with E-state index in [9.17, 15) is 4.79 Å². The van der Waals surface area contributed by atoms with Gasteiger partial charge in [0.1, 0.15) is 0 Å². The number of hydrogen-bond acceptors (Lipinski definition) is 4. The predicted molar refractivity (Wildman–Crippen MR) is 84.0 cm³/mol. The minimum atomic E-state index is -0.385. The molecule has 0 aromatic rings. The summed E-state index contributed by atoms with van der Waals surface area (Å²) in [4.78, 5) is 11.9. The molecular weight excluding hydrogens is 284 g/mol. The third-order valence-electron chi connectivity index (χ3n) is 3.48. The summed E-state index contributed by atoms with van der Waals surface area (Å²) >= 11 is 1.83. The van der Waals surface area contributed by atoms with Gasteiger partial charge in [0.25, 0.3) is 0 Å². The normalized spacial score (nSPS) is 19.6. The summed E-state index contributed by atoms with van der Waals surface area (Å²) in [6, 6.07) is -0.385. The van der Waals surface area contributed by atoms with Crippen LogP contribution in [0.25, 0.3) is 0 Å². The average molecular weight is 311 g/mol. The molecule has 1 fully saturated rings. The maximum Gasteiger partial charge on any atom is 0.236 e. The van der Waals surface area contributed by atoms with Crippen LogP contribution >= 0.6 is 24.2 Å². The van der Waals surface area contributed by atoms with Crippen molar-refractivity contribution in [3.8, 4) is 0 Å². The largest absolute Gasteiger partial charge is 0.381 e.